The zero-order valence-corrected chi connectivity index (χ0v) is 41.5. The molecule has 5 nitrogen and oxygen atoms in total. The van der Waals surface area contributed by atoms with E-state index in [-0.39, 0.29) is 25.2 Å². The van der Waals surface area contributed by atoms with Gasteiger partial charge in [-0.05, 0) is 128 Å². The van der Waals surface area contributed by atoms with Gasteiger partial charge < -0.3 is 14.2 Å². The van der Waals surface area contributed by atoms with Crippen LogP contribution in [0.3, 0.4) is 0 Å². The van der Waals surface area contributed by atoms with Gasteiger partial charge in [0.25, 0.3) is 0 Å². The van der Waals surface area contributed by atoms with Crippen LogP contribution < -0.4 is 0 Å². The fourth-order valence-electron chi connectivity index (χ4n) is 6.64. The lowest BCUT2D eigenvalue weighted by Crippen LogP contribution is -2.30. The number of carbonyl (C=O) groups is 2. The van der Waals surface area contributed by atoms with Gasteiger partial charge in [-0.2, -0.15) is 0 Å². The van der Waals surface area contributed by atoms with Gasteiger partial charge in [0, 0.05) is 19.4 Å². The topological polar surface area (TPSA) is 61.8 Å². The molecule has 0 heterocycles. The summed E-state index contributed by atoms with van der Waals surface area (Å²) in [4.78, 5) is 25.4. The summed E-state index contributed by atoms with van der Waals surface area (Å²) in [5.74, 6) is -0.493. The van der Waals surface area contributed by atoms with E-state index in [1.165, 1.54) is 64.2 Å². The highest BCUT2D eigenvalue weighted by molar-refractivity contribution is 5.70. The van der Waals surface area contributed by atoms with Crippen molar-refractivity contribution in [3.8, 4) is 0 Å². The van der Waals surface area contributed by atoms with Crippen molar-refractivity contribution in [2.45, 2.75) is 219 Å². The molecule has 1 unspecified atom stereocenters. The molecular formula is C59H96O5. The van der Waals surface area contributed by atoms with Crippen molar-refractivity contribution in [1.29, 1.82) is 0 Å². The number of rotatable bonds is 46. The molecule has 0 N–H and O–H groups in total. The van der Waals surface area contributed by atoms with Crippen LogP contribution in [0.15, 0.2) is 122 Å². The molecule has 1 atom stereocenters. The van der Waals surface area contributed by atoms with Gasteiger partial charge in [-0.1, -0.05) is 194 Å². The summed E-state index contributed by atoms with van der Waals surface area (Å²) in [7, 11) is 0. The number of allylic oxidation sites excluding steroid dienone is 20. The molecule has 0 aliphatic rings. The Morgan fingerprint density at radius 1 is 0.359 bits per heavy atom. The molecule has 64 heavy (non-hydrogen) atoms. The highest BCUT2D eigenvalue weighted by atomic mass is 16.6. The van der Waals surface area contributed by atoms with Crippen LogP contribution in [-0.2, 0) is 23.8 Å². The van der Waals surface area contributed by atoms with E-state index in [1.807, 2.05) is 0 Å². The summed E-state index contributed by atoms with van der Waals surface area (Å²) in [6.45, 7) is 7.46. The third-order valence-electron chi connectivity index (χ3n) is 10.5. The minimum Gasteiger partial charge on any atom is -0.462 e. The molecule has 0 rings (SSSR count). The van der Waals surface area contributed by atoms with E-state index in [0.717, 1.165) is 116 Å². The first-order valence-electron chi connectivity index (χ1n) is 26.1. The molecule has 0 aliphatic carbocycles. The maximum absolute atomic E-state index is 12.8. The number of unbranched alkanes of at least 4 members (excludes halogenated alkanes) is 15. The molecule has 362 valence electrons. The van der Waals surface area contributed by atoms with Crippen molar-refractivity contribution in [2.24, 2.45) is 0 Å². The predicted molar refractivity (Wildman–Crippen MR) is 279 cm³/mol. The normalized spacial score (nSPS) is 13.2. The molecule has 0 saturated heterocycles. The first kappa shape index (κ1) is 60.3. The Labute approximate surface area is 395 Å². The highest BCUT2D eigenvalue weighted by Crippen LogP contribution is 2.12. The van der Waals surface area contributed by atoms with Crippen LogP contribution in [0.4, 0.5) is 0 Å². The minimum absolute atomic E-state index is 0.0400. The molecular weight excluding hydrogens is 789 g/mol. The van der Waals surface area contributed by atoms with E-state index in [1.54, 1.807) is 0 Å². The third kappa shape index (κ3) is 50.9. The average Bonchev–Trinajstić information content (AvgIpc) is 3.30. The van der Waals surface area contributed by atoms with Crippen molar-refractivity contribution < 1.29 is 23.8 Å². The number of hydrogen-bond acceptors (Lipinski definition) is 5. The fraction of sp³-hybridized carbons (Fsp3) is 0.627. The summed E-state index contributed by atoms with van der Waals surface area (Å²) in [5.41, 5.74) is 0. The Hall–Kier alpha value is -3.70. The molecule has 0 aromatic heterocycles. The fourth-order valence-corrected chi connectivity index (χ4v) is 6.64. The quantitative estimate of drug-likeness (QED) is 0.0346. The smallest absolute Gasteiger partial charge is 0.306 e. The second-order valence-electron chi connectivity index (χ2n) is 16.7. The molecule has 0 saturated carbocycles. The number of carbonyl (C=O) groups excluding carboxylic acids is 2. The van der Waals surface area contributed by atoms with E-state index < -0.39 is 6.10 Å². The van der Waals surface area contributed by atoms with Gasteiger partial charge in [-0.25, -0.2) is 0 Å². The van der Waals surface area contributed by atoms with Gasteiger partial charge >= 0.3 is 11.9 Å². The first-order chi connectivity index (χ1) is 31.6. The minimum atomic E-state index is -0.582. The summed E-state index contributed by atoms with van der Waals surface area (Å²) >= 11 is 0. The first-order valence-corrected chi connectivity index (χ1v) is 26.1. The van der Waals surface area contributed by atoms with E-state index >= 15 is 0 Å². The van der Waals surface area contributed by atoms with E-state index in [0.29, 0.717) is 19.4 Å². The van der Waals surface area contributed by atoms with Crippen molar-refractivity contribution in [3.05, 3.63) is 122 Å². The maximum atomic E-state index is 12.8. The summed E-state index contributed by atoms with van der Waals surface area (Å²) in [6, 6.07) is 0. The zero-order valence-electron chi connectivity index (χ0n) is 41.5. The molecule has 0 aliphatic heterocycles. The second kappa shape index (κ2) is 53.6. The lowest BCUT2D eigenvalue weighted by Gasteiger charge is -2.18. The van der Waals surface area contributed by atoms with Crippen LogP contribution >= 0.6 is 0 Å². The standard InChI is InChI=1S/C59H96O5/c1-4-7-10-13-16-19-22-25-27-28-29-30-31-33-36-39-42-45-48-51-54-62-55-57(64-59(61)53-50-47-44-41-38-34-24-21-18-15-12-9-6-3)56-63-58(60)52-49-46-43-40-37-35-32-26-23-20-17-14-11-8-5-2/h8-9,11-12,16-21,25-27,29-30,32,34,37-38,40,57H,4-7,10,13-15,22-24,28,31,33,35-36,39,41-56H2,1-3H3/b11-8-,12-9-,19-16-,20-17-,21-18-,27-25-,30-29-,32-26-,38-34-,40-37-. The molecule has 0 spiro atoms. The monoisotopic (exact) mass is 885 g/mol. The Balaban J connectivity index is 4.39. The molecule has 0 radical (unpaired) electrons. The van der Waals surface area contributed by atoms with Crippen molar-refractivity contribution >= 4 is 11.9 Å². The third-order valence-corrected chi connectivity index (χ3v) is 10.5. The van der Waals surface area contributed by atoms with Crippen molar-refractivity contribution in [1.82, 2.24) is 0 Å². The maximum Gasteiger partial charge on any atom is 0.306 e. The van der Waals surface area contributed by atoms with E-state index in [4.69, 9.17) is 14.2 Å². The van der Waals surface area contributed by atoms with Crippen LogP contribution in [0.5, 0.6) is 0 Å². The lowest BCUT2D eigenvalue weighted by molar-refractivity contribution is -0.163. The molecule has 0 aromatic rings. The Morgan fingerprint density at radius 2 is 0.703 bits per heavy atom. The second-order valence-corrected chi connectivity index (χ2v) is 16.7. The summed E-state index contributed by atoms with van der Waals surface area (Å²) < 4.78 is 17.3. The highest BCUT2D eigenvalue weighted by Gasteiger charge is 2.17. The van der Waals surface area contributed by atoms with Gasteiger partial charge in [0.1, 0.15) is 6.61 Å². The van der Waals surface area contributed by atoms with Crippen molar-refractivity contribution in [2.75, 3.05) is 19.8 Å². The van der Waals surface area contributed by atoms with Crippen molar-refractivity contribution in [3.63, 3.8) is 0 Å². The van der Waals surface area contributed by atoms with Gasteiger partial charge in [-0.15, -0.1) is 0 Å². The van der Waals surface area contributed by atoms with Crippen LogP contribution in [-0.4, -0.2) is 37.9 Å². The number of esters is 2. The average molecular weight is 885 g/mol. The van der Waals surface area contributed by atoms with Gasteiger partial charge in [-0.3, -0.25) is 9.59 Å². The number of hydrogen-bond donors (Lipinski definition) is 0. The molecule has 5 heteroatoms. The molecule has 0 bridgehead atoms. The molecule has 0 aromatic carbocycles. The largest absolute Gasteiger partial charge is 0.462 e. The SMILES string of the molecule is CC/C=C\C/C=C\C/C=C\C/C=C\CCCCC(=O)OCC(COCCCCCCCCC/C=C\C/C=C\C/C=C\CCCCC)OC(=O)CCCCC/C=C\C/C=C\C/C=C\CC. The predicted octanol–water partition coefficient (Wildman–Crippen LogP) is 17.8. The number of ether oxygens (including phenoxy) is 3. The lowest BCUT2D eigenvalue weighted by atomic mass is 10.1. The van der Waals surface area contributed by atoms with Gasteiger partial charge in [0.2, 0.25) is 0 Å². The van der Waals surface area contributed by atoms with Gasteiger partial charge in [0.05, 0.1) is 6.61 Å². The Kier molecular flexibility index (Phi) is 50.5. The van der Waals surface area contributed by atoms with E-state index in [9.17, 15) is 9.59 Å². The van der Waals surface area contributed by atoms with Crippen LogP contribution in [0.2, 0.25) is 0 Å². The summed E-state index contributed by atoms with van der Waals surface area (Å²) in [5, 5.41) is 0. The van der Waals surface area contributed by atoms with Gasteiger partial charge in [0.15, 0.2) is 6.10 Å². The van der Waals surface area contributed by atoms with E-state index in [2.05, 4.69) is 142 Å². The van der Waals surface area contributed by atoms with Crippen LogP contribution in [0.1, 0.15) is 213 Å². The van der Waals surface area contributed by atoms with Crippen LogP contribution in [0, 0.1) is 0 Å². The summed E-state index contributed by atoms with van der Waals surface area (Å²) in [6.07, 6.45) is 75.0. The molecule has 0 fully saturated rings. The Bertz CT molecular complexity index is 1320. The molecule has 0 amide bonds. The Morgan fingerprint density at radius 3 is 1.16 bits per heavy atom. The zero-order chi connectivity index (χ0) is 46.3. The van der Waals surface area contributed by atoms with Crippen LogP contribution in [0.25, 0.3) is 0 Å².